The lowest BCUT2D eigenvalue weighted by molar-refractivity contribution is 0.590. The van der Waals surface area contributed by atoms with Gasteiger partial charge in [-0.1, -0.05) is 32.4 Å². The predicted octanol–water partition coefficient (Wildman–Crippen LogP) is 2.89. The minimum Gasteiger partial charge on any atom is -0.382 e. The van der Waals surface area contributed by atoms with E-state index in [1.165, 1.54) is 0 Å². The molecule has 28 heavy (non-hydrogen) atoms. The van der Waals surface area contributed by atoms with Gasteiger partial charge in [-0.15, -0.1) is 5.10 Å². The van der Waals surface area contributed by atoms with E-state index in [-0.39, 0.29) is 0 Å². The Labute approximate surface area is 165 Å². The van der Waals surface area contributed by atoms with Crippen molar-refractivity contribution < 1.29 is 0 Å². The molecule has 0 amide bonds. The van der Waals surface area contributed by atoms with Crippen molar-refractivity contribution >= 4 is 17.3 Å². The highest BCUT2D eigenvalue weighted by Gasteiger charge is 2.13. The van der Waals surface area contributed by atoms with Crippen molar-refractivity contribution in [1.82, 2.24) is 14.6 Å². The smallest absolute Gasteiger partial charge is 0.162 e. The molecule has 0 bridgehead atoms. The molecule has 3 aromatic rings. The molecule has 0 radical (unpaired) electrons. The van der Waals surface area contributed by atoms with E-state index in [9.17, 15) is 5.26 Å². The highest BCUT2D eigenvalue weighted by molar-refractivity contribution is 5.61. The van der Waals surface area contributed by atoms with Crippen LogP contribution < -0.4 is 16.8 Å². The number of hydrogen-bond donors (Lipinski definition) is 3. The van der Waals surface area contributed by atoms with Gasteiger partial charge in [0, 0.05) is 18.3 Å². The lowest BCUT2D eigenvalue weighted by Crippen LogP contribution is -2.15. The number of hydrogen-bond acceptors (Lipinski definition) is 6. The largest absolute Gasteiger partial charge is 0.382 e. The van der Waals surface area contributed by atoms with E-state index >= 15 is 0 Å². The van der Waals surface area contributed by atoms with E-state index in [1.54, 1.807) is 4.52 Å². The summed E-state index contributed by atoms with van der Waals surface area (Å²) in [5.41, 5.74) is 16.4. The molecule has 5 N–H and O–H groups in total. The highest BCUT2D eigenvalue weighted by Crippen LogP contribution is 2.22. The first-order valence-corrected chi connectivity index (χ1v) is 9.65. The quantitative estimate of drug-likeness (QED) is 0.555. The van der Waals surface area contributed by atoms with E-state index < -0.39 is 0 Å². The monoisotopic (exact) mass is 377 g/mol. The number of aromatic nitrogens is 3. The zero-order valence-corrected chi connectivity index (χ0v) is 16.4. The van der Waals surface area contributed by atoms with Crippen molar-refractivity contribution in [1.29, 1.82) is 5.26 Å². The topological polar surface area (TPSA) is 118 Å². The fourth-order valence-electron chi connectivity index (χ4n) is 3.36. The number of fused-ring (bicyclic) bond motifs is 1. The van der Waals surface area contributed by atoms with Crippen LogP contribution >= 0.6 is 0 Å². The molecular formula is C21H27N7. The van der Waals surface area contributed by atoms with Crippen molar-refractivity contribution in [2.75, 3.05) is 17.6 Å². The maximum Gasteiger partial charge on any atom is 0.162 e. The van der Waals surface area contributed by atoms with Crippen LogP contribution in [0.4, 0.5) is 11.6 Å². The number of benzene rings is 1. The molecule has 1 atom stereocenters. The van der Waals surface area contributed by atoms with Crippen LogP contribution in [0, 0.1) is 17.2 Å². The molecule has 1 aromatic carbocycles. The first-order chi connectivity index (χ1) is 13.6. The predicted molar refractivity (Wildman–Crippen MR) is 112 cm³/mol. The Bertz CT molecular complexity index is 1000. The standard InChI is InChI=1S/C21H27N7/c1-3-5-17-20(24)27-28-9-8-19(26-21(17)28)25-13-18-15(10-14(2)11-22)6-4-7-16(18)12-23/h4,6-9,14H,3,5,10-11,13,22H2,1-2H3,(H2,24,27)(H,25,26). The molecule has 7 nitrogen and oxygen atoms in total. The Balaban J connectivity index is 1.87. The Morgan fingerprint density at radius 3 is 2.82 bits per heavy atom. The molecular weight excluding hydrogens is 350 g/mol. The van der Waals surface area contributed by atoms with Gasteiger partial charge in [0.05, 0.1) is 11.6 Å². The van der Waals surface area contributed by atoms with Crippen molar-refractivity contribution in [3.63, 3.8) is 0 Å². The van der Waals surface area contributed by atoms with Gasteiger partial charge >= 0.3 is 0 Å². The van der Waals surface area contributed by atoms with E-state index in [0.29, 0.717) is 30.4 Å². The van der Waals surface area contributed by atoms with Crippen molar-refractivity contribution in [2.24, 2.45) is 11.7 Å². The summed E-state index contributed by atoms with van der Waals surface area (Å²) in [4.78, 5) is 4.70. The third-order valence-corrected chi connectivity index (χ3v) is 4.92. The zero-order chi connectivity index (χ0) is 20.1. The molecule has 0 spiro atoms. The molecule has 2 heterocycles. The molecule has 7 heteroatoms. The third-order valence-electron chi connectivity index (χ3n) is 4.92. The first-order valence-electron chi connectivity index (χ1n) is 9.65. The molecule has 146 valence electrons. The lowest BCUT2D eigenvalue weighted by Gasteiger charge is -2.15. The molecule has 0 saturated carbocycles. The average Bonchev–Trinajstić information content (AvgIpc) is 3.01. The first kappa shape index (κ1) is 19.6. The van der Waals surface area contributed by atoms with E-state index in [1.807, 2.05) is 24.4 Å². The fourth-order valence-corrected chi connectivity index (χ4v) is 3.36. The van der Waals surface area contributed by atoms with Crippen LogP contribution in [-0.2, 0) is 19.4 Å². The molecule has 0 aliphatic carbocycles. The van der Waals surface area contributed by atoms with Crippen LogP contribution in [0.5, 0.6) is 0 Å². The van der Waals surface area contributed by atoms with E-state index in [4.69, 9.17) is 16.5 Å². The zero-order valence-electron chi connectivity index (χ0n) is 16.4. The van der Waals surface area contributed by atoms with Crippen LogP contribution in [0.15, 0.2) is 30.5 Å². The second-order valence-electron chi connectivity index (χ2n) is 7.15. The van der Waals surface area contributed by atoms with Crippen LogP contribution in [0.3, 0.4) is 0 Å². The Kier molecular flexibility index (Phi) is 6.12. The number of nitrogens with one attached hydrogen (secondary N) is 1. The van der Waals surface area contributed by atoms with Gasteiger partial charge in [-0.3, -0.25) is 0 Å². The Morgan fingerprint density at radius 1 is 1.29 bits per heavy atom. The SMILES string of the molecule is CCCc1c(N)nn2ccc(NCc3c(C#N)cccc3CC(C)CN)nc12. The summed E-state index contributed by atoms with van der Waals surface area (Å²) in [6, 6.07) is 10.0. The summed E-state index contributed by atoms with van der Waals surface area (Å²) in [6.45, 7) is 5.36. The summed E-state index contributed by atoms with van der Waals surface area (Å²) in [7, 11) is 0. The summed E-state index contributed by atoms with van der Waals surface area (Å²) in [6.07, 6.45) is 4.51. The summed E-state index contributed by atoms with van der Waals surface area (Å²) >= 11 is 0. The van der Waals surface area contributed by atoms with Gasteiger partial charge < -0.3 is 16.8 Å². The maximum absolute atomic E-state index is 9.53. The van der Waals surface area contributed by atoms with Crippen LogP contribution in [0.2, 0.25) is 0 Å². The Hall–Kier alpha value is -3.11. The van der Waals surface area contributed by atoms with Crippen molar-refractivity contribution in [3.05, 3.63) is 52.7 Å². The highest BCUT2D eigenvalue weighted by atomic mass is 15.3. The second kappa shape index (κ2) is 8.72. The molecule has 2 aromatic heterocycles. The average molecular weight is 377 g/mol. The lowest BCUT2D eigenvalue weighted by atomic mass is 9.94. The van der Waals surface area contributed by atoms with Gasteiger partial charge in [0.1, 0.15) is 5.82 Å². The van der Waals surface area contributed by atoms with Gasteiger partial charge in [0.2, 0.25) is 0 Å². The fraction of sp³-hybridized carbons (Fsp3) is 0.381. The number of nitrogen functional groups attached to an aromatic ring is 1. The normalized spacial score (nSPS) is 12.1. The second-order valence-corrected chi connectivity index (χ2v) is 7.15. The van der Waals surface area contributed by atoms with Crippen LogP contribution in [0.25, 0.3) is 5.65 Å². The number of rotatable bonds is 8. The van der Waals surface area contributed by atoms with Gasteiger partial charge in [-0.25, -0.2) is 9.50 Å². The molecule has 3 rings (SSSR count). The summed E-state index contributed by atoms with van der Waals surface area (Å²) in [5, 5.41) is 17.2. The number of anilines is 2. The maximum atomic E-state index is 9.53. The number of nitrogens with zero attached hydrogens (tertiary/aromatic N) is 4. The van der Waals surface area contributed by atoms with Crippen LogP contribution in [0.1, 0.15) is 42.5 Å². The molecule has 1 unspecified atom stereocenters. The third kappa shape index (κ3) is 4.07. The van der Waals surface area contributed by atoms with Crippen LogP contribution in [-0.4, -0.2) is 21.1 Å². The number of nitriles is 1. The van der Waals surface area contributed by atoms with Crippen molar-refractivity contribution in [2.45, 2.75) is 39.7 Å². The van der Waals surface area contributed by atoms with Crippen molar-refractivity contribution in [3.8, 4) is 6.07 Å². The molecule has 0 saturated heterocycles. The number of aryl methyl sites for hydroxylation is 1. The Morgan fingerprint density at radius 2 is 2.11 bits per heavy atom. The minimum atomic E-state index is 0.355. The molecule has 0 aliphatic heterocycles. The molecule has 0 aliphatic rings. The van der Waals surface area contributed by atoms with Gasteiger partial charge in [0.15, 0.2) is 11.5 Å². The van der Waals surface area contributed by atoms with Gasteiger partial charge in [0.25, 0.3) is 0 Å². The molecule has 0 fully saturated rings. The van der Waals surface area contributed by atoms with E-state index in [2.05, 4.69) is 36.4 Å². The van der Waals surface area contributed by atoms with Gasteiger partial charge in [-0.2, -0.15) is 5.26 Å². The van der Waals surface area contributed by atoms with Gasteiger partial charge in [-0.05, 0) is 48.6 Å². The summed E-state index contributed by atoms with van der Waals surface area (Å²) in [5.74, 6) is 1.61. The van der Waals surface area contributed by atoms with E-state index in [0.717, 1.165) is 47.4 Å². The summed E-state index contributed by atoms with van der Waals surface area (Å²) < 4.78 is 1.71. The minimum absolute atomic E-state index is 0.355. The number of nitrogens with two attached hydrogens (primary N) is 2.